The van der Waals surface area contributed by atoms with Crippen molar-refractivity contribution in [2.75, 3.05) is 0 Å². The monoisotopic (exact) mass is 276 g/mol. The normalized spacial score (nSPS) is 26.4. The first-order valence-corrected chi connectivity index (χ1v) is 7.12. The van der Waals surface area contributed by atoms with E-state index in [0.29, 0.717) is 17.1 Å². The van der Waals surface area contributed by atoms with Crippen molar-refractivity contribution >= 4 is 12.2 Å². The van der Waals surface area contributed by atoms with Crippen molar-refractivity contribution in [3.8, 4) is 0 Å². The summed E-state index contributed by atoms with van der Waals surface area (Å²) in [4.78, 5) is 6.15. The fourth-order valence-electron chi connectivity index (χ4n) is 2.91. The molecule has 0 saturated carbocycles. The maximum Gasteiger partial charge on any atom is 0.174 e. The average molecular weight is 276 g/mol. The van der Waals surface area contributed by atoms with E-state index < -0.39 is 6.17 Å². The molecule has 2 unspecified atom stereocenters. The van der Waals surface area contributed by atoms with Crippen LogP contribution >= 0.6 is 12.2 Å². The number of aromatic amines is 2. The highest BCUT2D eigenvalue weighted by Crippen LogP contribution is 2.35. The van der Waals surface area contributed by atoms with Crippen LogP contribution in [-0.2, 0) is 6.42 Å². The van der Waals surface area contributed by atoms with E-state index >= 15 is 0 Å². The minimum atomic E-state index is -0.833. The summed E-state index contributed by atoms with van der Waals surface area (Å²) in [7, 11) is 0. The van der Waals surface area contributed by atoms with Gasteiger partial charge < -0.3 is 9.97 Å². The maximum atomic E-state index is 13.5. The largest absolute Gasteiger partial charge is 0.337 e. The second-order valence-electron chi connectivity index (χ2n) is 5.18. The predicted octanol–water partition coefficient (Wildman–Crippen LogP) is 4.18. The van der Waals surface area contributed by atoms with Crippen LogP contribution in [0.2, 0.25) is 0 Å². The van der Waals surface area contributed by atoms with Crippen molar-refractivity contribution in [1.29, 1.82) is 0 Å². The average Bonchev–Trinajstić information content (AvgIpc) is 2.99. The summed E-state index contributed by atoms with van der Waals surface area (Å²) < 4.78 is 14.1. The lowest BCUT2D eigenvalue weighted by Gasteiger charge is -2.18. The van der Waals surface area contributed by atoms with Gasteiger partial charge in [-0.05, 0) is 54.6 Å². The second kappa shape index (κ2) is 5.29. The Morgan fingerprint density at radius 3 is 3.05 bits per heavy atom. The molecule has 1 aromatic rings. The number of aromatic nitrogens is 2. The van der Waals surface area contributed by atoms with Crippen LogP contribution in [0.25, 0.3) is 0 Å². The number of hydrogen-bond acceptors (Lipinski definition) is 1. The molecule has 0 aromatic carbocycles. The molecule has 1 aromatic heterocycles. The van der Waals surface area contributed by atoms with Gasteiger partial charge in [-0.1, -0.05) is 18.2 Å². The molecular weight excluding hydrogens is 259 g/mol. The van der Waals surface area contributed by atoms with Crippen molar-refractivity contribution in [2.24, 2.45) is 5.92 Å². The molecule has 2 atom stereocenters. The van der Waals surface area contributed by atoms with E-state index in [0.717, 1.165) is 30.5 Å². The smallest absolute Gasteiger partial charge is 0.174 e. The number of H-pyrrole nitrogens is 2. The summed E-state index contributed by atoms with van der Waals surface area (Å²) >= 11 is 5.05. The Balaban J connectivity index is 1.78. The Hall–Kier alpha value is -1.42. The van der Waals surface area contributed by atoms with Gasteiger partial charge in [0.05, 0.1) is 0 Å². The summed E-state index contributed by atoms with van der Waals surface area (Å²) in [5.41, 5.74) is 3.48. The number of allylic oxidation sites excluding steroid dienone is 6. The molecule has 0 fully saturated rings. The van der Waals surface area contributed by atoms with Gasteiger partial charge in [0.15, 0.2) is 4.77 Å². The zero-order valence-electron chi connectivity index (χ0n) is 10.7. The van der Waals surface area contributed by atoms with Gasteiger partial charge in [-0.2, -0.15) is 0 Å². The highest BCUT2D eigenvalue weighted by Gasteiger charge is 2.23. The summed E-state index contributed by atoms with van der Waals surface area (Å²) in [6, 6.07) is 0. The SMILES string of the molecule is FC1C=C(C2=CCCC2Cc2c[nH]c(=S)[nH]2)C=CC1. The first-order valence-electron chi connectivity index (χ1n) is 6.72. The third-order valence-corrected chi connectivity index (χ3v) is 4.01. The van der Waals surface area contributed by atoms with E-state index in [-0.39, 0.29) is 0 Å². The Kier molecular flexibility index (Phi) is 3.51. The number of halogens is 1. The van der Waals surface area contributed by atoms with E-state index in [2.05, 4.69) is 22.1 Å². The molecular formula is C15H17FN2S. The van der Waals surface area contributed by atoms with Crippen LogP contribution in [-0.4, -0.2) is 16.1 Å². The summed E-state index contributed by atoms with van der Waals surface area (Å²) in [6.45, 7) is 0. The van der Waals surface area contributed by atoms with Gasteiger partial charge in [0.1, 0.15) is 6.17 Å². The van der Waals surface area contributed by atoms with Crippen molar-refractivity contribution in [1.82, 2.24) is 9.97 Å². The third-order valence-electron chi connectivity index (χ3n) is 3.79. The zero-order valence-corrected chi connectivity index (χ0v) is 11.5. The van der Waals surface area contributed by atoms with Crippen LogP contribution in [0, 0.1) is 10.7 Å². The van der Waals surface area contributed by atoms with E-state index in [9.17, 15) is 4.39 Å². The Morgan fingerprint density at radius 2 is 2.32 bits per heavy atom. The van der Waals surface area contributed by atoms with Crippen LogP contribution in [0.5, 0.6) is 0 Å². The molecule has 2 aliphatic rings. The number of hydrogen-bond donors (Lipinski definition) is 2. The van der Waals surface area contributed by atoms with Crippen molar-refractivity contribution in [3.63, 3.8) is 0 Å². The van der Waals surface area contributed by atoms with Gasteiger partial charge in [0.2, 0.25) is 0 Å². The second-order valence-corrected chi connectivity index (χ2v) is 5.59. The number of rotatable bonds is 3. The minimum Gasteiger partial charge on any atom is -0.337 e. The molecule has 1 heterocycles. The predicted molar refractivity (Wildman–Crippen MR) is 77.2 cm³/mol. The summed E-state index contributed by atoms with van der Waals surface area (Å²) in [6.07, 6.45) is 12.7. The van der Waals surface area contributed by atoms with Crippen molar-refractivity contribution in [2.45, 2.75) is 31.9 Å². The van der Waals surface area contributed by atoms with Gasteiger partial charge in [-0.3, -0.25) is 0 Å². The topological polar surface area (TPSA) is 31.6 Å². The van der Waals surface area contributed by atoms with E-state index in [1.54, 1.807) is 6.08 Å². The van der Waals surface area contributed by atoms with Gasteiger partial charge in [-0.15, -0.1) is 0 Å². The lowest BCUT2D eigenvalue weighted by molar-refractivity contribution is 0.399. The molecule has 0 bridgehead atoms. The first-order chi connectivity index (χ1) is 9.22. The van der Waals surface area contributed by atoms with Crippen LogP contribution in [0.15, 0.2) is 41.6 Å². The third kappa shape index (κ3) is 2.78. The molecule has 2 N–H and O–H groups in total. The van der Waals surface area contributed by atoms with Crippen LogP contribution in [0.1, 0.15) is 25.0 Å². The fraction of sp³-hybridized carbons (Fsp3) is 0.400. The van der Waals surface area contributed by atoms with E-state index in [1.807, 2.05) is 12.3 Å². The molecule has 4 heteroatoms. The van der Waals surface area contributed by atoms with E-state index in [1.165, 1.54) is 5.57 Å². The number of alkyl halides is 1. The molecule has 2 aliphatic carbocycles. The molecule has 19 heavy (non-hydrogen) atoms. The number of nitrogens with one attached hydrogen (secondary N) is 2. The molecule has 100 valence electrons. The van der Waals surface area contributed by atoms with Gasteiger partial charge >= 0.3 is 0 Å². The molecule has 0 aliphatic heterocycles. The molecule has 0 saturated heterocycles. The standard InChI is InChI=1S/C15H17FN2S/c16-12-5-1-3-10(7-12)14-6-2-4-11(14)8-13-9-17-15(19)18-13/h1,3,6-7,9,11-12H,2,4-5,8H2,(H2,17,18,19). The highest BCUT2D eigenvalue weighted by atomic mass is 32.1. The Morgan fingerprint density at radius 1 is 1.42 bits per heavy atom. The summed E-state index contributed by atoms with van der Waals surface area (Å²) in [5.74, 6) is 0.461. The van der Waals surface area contributed by atoms with Crippen molar-refractivity contribution < 1.29 is 4.39 Å². The maximum absolute atomic E-state index is 13.5. The Bertz CT molecular complexity index is 606. The fourth-order valence-corrected chi connectivity index (χ4v) is 3.10. The van der Waals surface area contributed by atoms with Gasteiger partial charge in [0.25, 0.3) is 0 Å². The van der Waals surface area contributed by atoms with Crippen LogP contribution in [0.4, 0.5) is 4.39 Å². The quantitative estimate of drug-likeness (QED) is 0.798. The van der Waals surface area contributed by atoms with Crippen molar-refractivity contribution in [3.05, 3.63) is 52.1 Å². The van der Waals surface area contributed by atoms with Crippen LogP contribution in [0.3, 0.4) is 0 Å². The first kappa shape index (κ1) is 12.6. The highest BCUT2D eigenvalue weighted by molar-refractivity contribution is 7.71. The van der Waals surface area contributed by atoms with Gasteiger partial charge in [-0.25, -0.2) is 4.39 Å². The molecule has 2 nitrogen and oxygen atoms in total. The minimum absolute atomic E-state index is 0.461. The lowest BCUT2D eigenvalue weighted by Crippen LogP contribution is -2.09. The zero-order chi connectivity index (χ0) is 13.2. The molecule has 0 radical (unpaired) electrons. The molecule has 0 amide bonds. The lowest BCUT2D eigenvalue weighted by atomic mass is 9.88. The van der Waals surface area contributed by atoms with E-state index in [4.69, 9.17) is 12.2 Å². The Labute approximate surface area is 117 Å². The molecule has 3 rings (SSSR count). The summed E-state index contributed by atoms with van der Waals surface area (Å²) in [5, 5.41) is 0. The van der Waals surface area contributed by atoms with Gasteiger partial charge in [0, 0.05) is 18.3 Å². The molecule has 0 spiro atoms. The number of imidazole rings is 1. The van der Waals surface area contributed by atoms with Crippen LogP contribution < -0.4 is 0 Å².